The largest absolute Gasteiger partial charge is 0.376 e. The molecule has 2 aromatic rings. The summed E-state index contributed by atoms with van der Waals surface area (Å²) in [7, 11) is -1.78. The fraction of sp³-hybridized carbons (Fsp3) is 0.381. The quantitative estimate of drug-likeness (QED) is 0.807. The average Bonchev–Trinajstić information content (AvgIpc) is 2.73. The van der Waals surface area contributed by atoms with Gasteiger partial charge < -0.3 is 10.2 Å². The number of para-hydroxylation sites is 1. The van der Waals surface area contributed by atoms with Crippen LogP contribution in [0.5, 0.6) is 0 Å². The molecule has 28 heavy (non-hydrogen) atoms. The fourth-order valence-corrected chi connectivity index (χ4v) is 4.84. The molecule has 0 unspecified atom stereocenters. The molecular formula is C21H27N3O3S. The Bertz CT molecular complexity index is 923. The molecule has 0 radical (unpaired) electrons. The van der Waals surface area contributed by atoms with Crippen molar-refractivity contribution in [2.24, 2.45) is 0 Å². The number of piperidine rings is 1. The van der Waals surface area contributed by atoms with E-state index in [4.69, 9.17) is 0 Å². The van der Waals surface area contributed by atoms with Gasteiger partial charge in [-0.25, -0.2) is 8.42 Å². The zero-order chi connectivity index (χ0) is 20.1. The van der Waals surface area contributed by atoms with Crippen LogP contribution >= 0.6 is 0 Å². The third-order valence-electron chi connectivity index (χ3n) is 5.11. The second kappa shape index (κ2) is 8.75. The van der Waals surface area contributed by atoms with Gasteiger partial charge in [-0.2, -0.15) is 4.31 Å². The summed E-state index contributed by atoms with van der Waals surface area (Å²) < 4.78 is 27.4. The average molecular weight is 402 g/mol. The van der Waals surface area contributed by atoms with E-state index in [9.17, 15) is 13.2 Å². The Morgan fingerprint density at radius 1 is 1.07 bits per heavy atom. The number of nitrogens with one attached hydrogen (secondary N) is 1. The first-order valence-corrected chi connectivity index (χ1v) is 11.0. The summed E-state index contributed by atoms with van der Waals surface area (Å²) in [5.41, 5.74) is 2.37. The number of hydrogen-bond donors (Lipinski definition) is 1. The van der Waals surface area contributed by atoms with Crippen molar-refractivity contribution < 1.29 is 13.2 Å². The standard InChI is InChI=1S/C21H27N3O3S/c1-17-11-12-19(28(26,27)24-13-7-4-8-14-24)15-20(17)22-16-21(25)23(2)18-9-5-3-6-10-18/h3,5-6,9-12,15,22H,4,7-8,13-14,16H2,1-2H3. The molecule has 0 aliphatic carbocycles. The minimum absolute atomic E-state index is 0.0828. The molecule has 0 saturated carbocycles. The van der Waals surface area contributed by atoms with Crippen LogP contribution in [0.2, 0.25) is 0 Å². The zero-order valence-electron chi connectivity index (χ0n) is 16.4. The molecule has 6 nitrogen and oxygen atoms in total. The smallest absolute Gasteiger partial charge is 0.246 e. The number of nitrogens with zero attached hydrogens (tertiary/aromatic N) is 2. The molecule has 2 aromatic carbocycles. The van der Waals surface area contributed by atoms with Crippen LogP contribution < -0.4 is 10.2 Å². The zero-order valence-corrected chi connectivity index (χ0v) is 17.2. The summed E-state index contributed by atoms with van der Waals surface area (Å²) >= 11 is 0. The number of benzene rings is 2. The van der Waals surface area contributed by atoms with E-state index in [2.05, 4.69) is 5.32 Å². The molecule has 1 amide bonds. The maximum absolute atomic E-state index is 12.9. The third kappa shape index (κ3) is 4.54. The lowest BCUT2D eigenvalue weighted by Crippen LogP contribution is -2.35. The highest BCUT2D eigenvalue weighted by Gasteiger charge is 2.26. The van der Waals surface area contributed by atoms with Crippen LogP contribution in [0.4, 0.5) is 11.4 Å². The number of rotatable bonds is 6. The fourth-order valence-electron chi connectivity index (χ4n) is 3.29. The number of sulfonamides is 1. The minimum Gasteiger partial charge on any atom is -0.376 e. The number of aryl methyl sites for hydroxylation is 1. The Kier molecular flexibility index (Phi) is 6.36. The van der Waals surface area contributed by atoms with Gasteiger partial charge in [-0.3, -0.25) is 4.79 Å². The first kappa shape index (κ1) is 20.4. The topological polar surface area (TPSA) is 69.7 Å². The van der Waals surface area contributed by atoms with E-state index in [0.29, 0.717) is 18.8 Å². The lowest BCUT2D eigenvalue weighted by Gasteiger charge is -2.26. The molecule has 0 spiro atoms. The molecule has 0 bridgehead atoms. The minimum atomic E-state index is -3.50. The number of likely N-dealkylation sites (N-methyl/N-ethyl adjacent to an activating group) is 1. The van der Waals surface area contributed by atoms with Gasteiger partial charge in [0.05, 0.1) is 11.4 Å². The normalized spacial score (nSPS) is 15.2. The van der Waals surface area contributed by atoms with E-state index in [-0.39, 0.29) is 17.3 Å². The first-order valence-electron chi connectivity index (χ1n) is 9.56. The number of hydrogen-bond acceptors (Lipinski definition) is 4. The molecule has 1 heterocycles. The molecule has 3 rings (SSSR count). The number of anilines is 2. The molecule has 1 saturated heterocycles. The second-order valence-corrected chi connectivity index (χ2v) is 9.02. The maximum atomic E-state index is 12.9. The van der Waals surface area contributed by atoms with E-state index >= 15 is 0 Å². The predicted molar refractivity (Wildman–Crippen MR) is 112 cm³/mol. The van der Waals surface area contributed by atoms with Gasteiger partial charge in [0.25, 0.3) is 0 Å². The molecule has 0 atom stereocenters. The van der Waals surface area contributed by atoms with Crippen molar-refractivity contribution in [1.82, 2.24) is 4.31 Å². The predicted octanol–water partition coefficient (Wildman–Crippen LogP) is 3.24. The van der Waals surface area contributed by atoms with Crippen molar-refractivity contribution in [3.63, 3.8) is 0 Å². The van der Waals surface area contributed by atoms with Gasteiger partial charge in [-0.05, 0) is 49.6 Å². The summed E-state index contributed by atoms with van der Waals surface area (Å²) in [5.74, 6) is -0.102. The SMILES string of the molecule is Cc1ccc(S(=O)(=O)N2CCCCC2)cc1NCC(=O)N(C)c1ccccc1. The van der Waals surface area contributed by atoms with E-state index in [1.807, 2.05) is 37.3 Å². The van der Waals surface area contributed by atoms with Crippen LogP contribution in [-0.2, 0) is 14.8 Å². The molecule has 1 fully saturated rings. The Labute approximate surface area is 167 Å². The third-order valence-corrected chi connectivity index (χ3v) is 7.00. The highest BCUT2D eigenvalue weighted by molar-refractivity contribution is 7.89. The summed E-state index contributed by atoms with van der Waals surface area (Å²) in [5, 5.41) is 3.10. The van der Waals surface area contributed by atoms with Crippen molar-refractivity contribution in [2.75, 3.05) is 36.9 Å². The molecule has 0 aromatic heterocycles. The van der Waals surface area contributed by atoms with E-state index in [1.165, 1.54) is 0 Å². The van der Waals surface area contributed by atoms with E-state index in [1.54, 1.807) is 34.5 Å². The van der Waals surface area contributed by atoms with Crippen molar-refractivity contribution in [2.45, 2.75) is 31.1 Å². The Morgan fingerprint density at radius 2 is 1.75 bits per heavy atom. The Morgan fingerprint density at radius 3 is 2.43 bits per heavy atom. The monoisotopic (exact) mass is 401 g/mol. The van der Waals surface area contributed by atoms with Gasteiger partial charge in [0, 0.05) is 31.5 Å². The highest BCUT2D eigenvalue weighted by Crippen LogP contribution is 2.25. The van der Waals surface area contributed by atoms with Crippen LogP contribution in [0, 0.1) is 6.92 Å². The Balaban J connectivity index is 1.72. The van der Waals surface area contributed by atoms with Gasteiger partial charge in [-0.15, -0.1) is 0 Å². The first-order chi connectivity index (χ1) is 13.4. The van der Waals surface area contributed by atoms with Gasteiger partial charge >= 0.3 is 0 Å². The number of carbonyl (C=O) groups excluding carboxylic acids is 1. The van der Waals surface area contributed by atoms with Gasteiger partial charge in [0.15, 0.2) is 0 Å². The van der Waals surface area contributed by atoms with Gasteiger partial charge in [0.1, 0.15) is 0 Å². The highest BCUT2D eigenvalue weighted by atomic mass is 32.2. The summed E-state index contributed by atoms with van der Waals surface area (Å²) in [4.78, 5) is 14.3. The molecule has 1 N–H and O–H groups in total. The van der Waals surface area contributed by atoms with Crippen molar-refractivity contribution in [3.05, 3.63) is 54.1 Å². The summed E-state index contributed by atoms with van der Waals surface area (Å²) in [6.07, 6.45) is 2.87. The summed E-state index contributed by atoms with van der Waals surface area (Å²) in [6.45, 7) is 3.11. The molecular weight excluding hydrogens is 374 g/mol. The Hall–Kier alpha value is -2.38. The molecule has 150 valence electrons. The molecule has 7 heteroatoms. The van der Waals surface area contributed by atoms with Gasteiger partial charge in [-0.1, -0.05) is 30.7 Å². The van der Waals surface area contributed by atoms with Crippen LogP contribution in [0.15, 0.2) is 53.4 Å². The van der Waals surface area contributed by atoms with Crippen LogP contribution in [-0.4, -0.2) is 45.3 Å². The van der Waals surface area contributed by atoms with E-state index in [0.717, 1.165) is 30.5 Å². The van der Waals surface area contributed by atoms with Gasteiger partial charge in [0.2, 0.25) is 15.9 Å². The van der Waals surface area contributed by atoms with Crippen molar-refractivity contribution >= 4 is 27.3 Å². The number of amides is 1. The summed E-state index contributed by atoms with van der Waals surface area (Å²) in [6, 6.07) is 14.5. The van der Waals surface area contributed by atoms with E-state index < -0.39 is 10.0 Å². The van der Waals surface area contributed by atoms with Crippen LogP contribution in [0.3, 0.4) is 0 Å². The van der Waals surface area contributed by atoms with Crippen LogP contribution in [0.1, 0.15) is 24.8 Å². The second-order valence-electron chi connectivity index (χ2n) is 7.08. The molecule has 1 aliphatic rings. The lowest BCUT2D eigenvalue weighted by molar-refractivity contribution is -0.116. The molecule has 1 aliphatic heterocycles. The van der Waals surface area contributed by atoms with Crippen molar-refractivity contribution in [1.29, 1.82) is 0 Å². The van der Waals surface area contributed by atoms with Crippen molar-refractivity contribution in [3.8, 4) is 0 Å². The number of carbonyl (C=O) groups is 1. The maximum Gasteiger partial charge on any atom is 0.246 e. The lowest BCUT2D eigenvalue weighted by atomic mass is 10.2. The van der Waals surface area contributed by atoms with Crippen LogP contribution in [0.25, 0.3) is 0 Å².